The Labute approximate surface area is 128 Å². The zero-order valence-electron chi connectivity index (χ0n) is 11.8. The number of hydrogen-bond donors (Lipinski definition) is 3. The predicted molar refractivity (Wildman–Crippen MR) is 81.7 cm³/mol. The van der Waals surface area contributed by atoms with E-state index in [0.717, 1.165) is 16.7 Å². The third-order valence-electron chi connectivity index (χ3n) is 4.20. The zero-order valence-corrected chi connectivity index (χ0v) is 12.6. The van der Waals surface area contributed by atoms with Gasteiger partial charge in [-0.1, -0.05) is 23.7 Å². The molecule has 0 radical (unpaired) electrons. The minimum absolute atomic E-state index is 0.0763. The molecule has 1 aliphatic rings. The lowest BCUT2D eigenvalue weighted by molar-refractivity contribution is 0.0768. The minimum atomic E-state index is -0.888. The first-order chi connectivity index (χ1) is 9.90. The largest absolute Gasteiger partial charge is 0.508 e. The maximum atomic E-state index is 10.6. The van der Waals surface area contributed by atoms with E-state index >= 15 is 0 Å². The van der Waals surface area contributed by atoms with Crippen LogP contribution in [0.25, 0.3) is 0 Å². The van der Waals surface area contributed by atoms with Gasteiger partial charge in [0.1, 0.15) is 5.75 Å². The summed E-state index contributed by atoms with van der Waals surface area (Å²) < 4.78 is 0. The third-order valence-corrected chi connectivity index (χ3v) is 4.51. The van der Waals surface area contributed by atoms with Gasteiger partial charge in [-0.2, -0.15) is 0 Å². The molecule has 3 unspecified atom stereocenters. The molecule has 0 saturated carbocycles. The van der Waals surface area contributed by atoms with Gasteiger partial charge in [0.15, 0.2) is 0 Å². The summed E-state index contributed by atoms with van der Waals surface area (Å²) in [5.41, 5.74) is 3.95. The van der Waals surface area contributed by atoms with E-state index in [2.05, 4.69) is 0 Å². The number of aryl methyl sites for hydroxylation is 2. The second-order valence-electron chi connectivity index (χ2n) is 5.71. The molecule has 0 aromatic heterocycles. The van der Waals surface area contributed by atoms with Gasteiger partial charge in [-0.3, -0.25) is 0 Å². The van der Waals surface area contributed by atoms with Crippen molar-refractivity contribution in [1.29, 1.82) is 0 Å². The number of aromatic hydroxyl groups is 1. The van der Waals surface area contributed by atoms with E-state index in [1.165, 1.54) is 12.1 Å². The van der Waals surface area contributed by atoms with Crippen molar-refractivity contribution in [3.63, 3.8) is 0 Å². The highest BCUT2D eigenvalue weighted by molar-refractivity contribution is 6.31. The van der Waals surface area contributed by atoms with Crippen LogP contribution >= 0.6 is 11.6 Å². The molecule has 2 aromatic carbocycles. The number of aliphatic hydroxyl groups excluding tert-OH is 2. The molecule has 3 rings (SSSR count). The van der Waals surface area contributed by atoms with Crippen LogP contribution in [-0.4, -0.2) is 15.3 Å². The SMILES string of the molecule is Cc1cc(C)c(C2C(O)c3ccc(O)cc3C2O)c(Cl)c1. The van der Waals surface area contributed by atoms with E-state index in [4.69, 9.17) is 11.6 Å². The van der Waals surface area contributed by atoms with E-state index in [9.17, 15) is 15.3 Å². The van der Waals surface area contributed by atoms with Gasteiger partial charge in [-0.15, -0.1) is 0 Å². The van der Waals surface area contributed by atoms with Gasteiger partial charge >= 0.3 is 0 Å². The van der Waals surface area contributed by atoms with Crippen molar-refractivity contribution in [3.05, 3.63) is 63.2 Å². The number of hydrogen-bond acceptors (Lipinski definition) is 3. The Balaban J connectivity index is 2.14. The number of rotatable bonds is 1. The third kappa shape index (κ3) is 2.22. The van der Waals surface area contributed by atoms with Gasteiger partial charge in [0.2, 0.25) is 0 Å². The molecule has 0 saturated heterocycles. The predicted octanol–water partition coefficient (Wildman–Crippen LogP) is 3.53. The molecular formula is C17H17ClO3. The van der Waals surface area contributed by atoms with Crippen LogP contribution < -0.4 is 0 Å². The highest BCUT2D eigenvalue weighted by Gasteiger charge is 2.41. The molecule has 0 bridgehead atoms. The van der Waals surface area contributed by atoms with E-state index in [1.807, 2.05) is 26.0 Å². The van der Waals surface area contributed by atoms with E-state index in [0.29, 0.717) is 16.1 Å². The van der Waals surface area contributed by atoms with Crippen LogP contribution in [0, 0.1) is 13.8 Å². The van der Waals surface area contributed by atoms with Gasteiger partial charge in [0.25, 0.3) is 0 Å². The van der Waals surface area contributed by atoms with Gasteiger partial charge < -0.3 is 15.3 Å². The monoisotopic (exact) mass is 304 g/mol. The lowest BCUT2D eigenvalue weighted by Gasteiger charge is -2.23. The van der Waals surface area contributed by atoms with E-state index in [1.54, 1.807) is 6.07 Å². The van der Waals surface area contributed by atoms with Gasteiger partial charge in [0, 0.05) is 10.9 Å². The average Bonchev–Trinajstić information content (AvgIpc) is 2.62. The minimum Gasteiger partial charge on any atom is -0.508 e. The second kappa shape index (κ2) is 5.02. The Bertz CT molecular complexity index is 688. The standard InChI is InChI=1S/C17H17ClO3/c1-8-5-9(2)14(13(18)6-8)15-16(20)11-4-3-10(19)7-12(11)17(15)21/h3-7,15-17,19-21H,1-2H3. The smallest absolute Gasteiger partial charge is 0.115 e. The summed E-state index contributed by atoms with van der Waals surface area (Å²) >= 11 is 6.35. The molecular weight excluding hydrogens is 288 g/mol. The van der Waals surface area contributed by atoms with Crippen LogP contribution in [0.4, 0.5) is 0 Å². The summed E-state index contributed by atoms with van der Waals surface area (Å²) in [7, 11) is 0. The van der Waals surface area contributed by atoms with Crippen molar-refractivity contribution in [2.75, 3.05) is 0 Å². The molecule has 0 spiro atoms. The Kier molecular flexibility index (Phi) is 3.44. The topological polar surface area (TPSA) is 60.7 Å². The molecule has 2 aromatic rings. The maximum absolute atomic E-state index is 10.6. The molecule has 21 heavy (non-hydrogen) atoms. The molecule has 3 N–H and O–H groups in total. The van der Waals surface area contributed by atoms with Crippen LogP contribution in [-0.2, 0) is 0 Å². The van der Waals surface area contributed by atoms with Crippen molar-refractivity contribution in [1.82, 2.24) is 0 Å². The lowest BCUT2D eigenvalue weighted by Crippen LogP contribution is -2.12. The fraction of sp³-hybridized carbons (Fsp3) is 0.294. The first-order valence-corrected chi connectivity index (χ1v) is 7.23. The van der Waals surface area contributed by atoms with Gasteiger partial charge in [0.05, 0.1) is 12.2 Å². The normalized spacial score (nSPS) is 24.1. The average molecular weight is 305 g/mol. The number of phenols is 1. The molecule has 0 aliphatic heterocycles. The molecule has 3 atom stereocenters. The summed E-state index contributed by atoms with van der Waals surface area (Å²) in [5, 5.41) is 31.3. The van der Waals surface area contributed by atoms with Gasteiger partial charge in [-0.05, 0) is 59.9 Å². The quantitative estimate of drug-likeness (QED) is 0.755. The van der Waals surface area contributed by atoms with Crippen molar-refractivity contribution >= 4 is 11.6 Å². The molecule has 110 valence electrons. The summed E-state index contributed by atoms with van der Waals surface area (Å²) in [4.78, 5) is 0. The first-order valence-electron chi connectivity index (χ1n) is 6.85. The molecule has 0 amide bonds. The van der Waals surface area contributed by atoms with E-state index < -0.39 is 18.1 Å². The number of benzene rings is 2. The lowest BCUT2D eigenvalue weighted by atomic mass is 9.88. The first kappa shape index (κ1) is 14.4. The summed E-state index contributed by atoms with van der Waals surface area (Å²) in [6.07, 6.45) is -1.73. The second-order valence-corrected chi connectivity index (χ2v) is 6.11. The number of fused-ring (bicyclic) bond motifs is 1. The molecule has 0 heterocycles. The van der Waals surface area contributed by atoms with E-state index in [-0.39, 0.29) is 5.75 Å². The molecule has 3 nitrogen and oxygen atoms in total. The fourth-order valence-electron chi connectivity index (χ4n) is 3.31. The van der Waals surface area contributed by atoms with Gasteiger partial charge in [-0.25, -0.2) is 0 Å². The fourth-order valence-corrected chi connectivity index (χ4v) is 3.76. The molecule has 1 aliphatic carbocycles. The highest BCUT2D eigenvalue weighted by Crippen LogP contribution is 2.52. The molecule has 0 fully saturated rings. The highest BCUT2D eigenvalue weighted by atomic mass is 35.5. The van der Waals surface area contributed by atoms with Crippen molar-refractivity contribution in [2.45, 2.75) is 32.0 Å². The van der Waals surface area contributed by atoms with Crippen LogP contribution in [0.5, 0.6) is 5.75 Å². The molecule has 4 heteroatoms. The maximum Gasteiger partial charge on any atom is 0.115 e. The van der Waals surface area contributed by atoms with Crippen molar-refractivity contribution in [2.24, 2.45) is 0 Å². The Morgan fingerprint density at radius 2 is 1.62 bits per heavy atom. The zero-order chi connectivity index (χ0) is 15.3. The summed E-state index contributed by atoms with van der Waals surface area (Å²) in [6, 6.07) is 8.49. The Morgan fingerprint density at radius 1 is 0.952 bits per heavy atom. The Hall–Kier alpha value is -1.55. The number of halogens is 1. The van der Waals surface area contributed by atoms with Crippen molar-refractivity contribution < 1.29 is 15.3 Å². The number of aliphatic hydroxyl groups is 2. The summed E-state index contributed by atoms with van der Waals surface area (Å²) in [5.74, 6) is -0.442. The van der Waals surface area contributed by atoms with Crippen molar-refractivity contribution in [3.8, 4) is 5.75 Å². The van der Waals surface area contributed by atoms with Crippen LogP contribution in [0.15, 0.2) is 30.3 Å². The van der Waals surface area contributed by atoms with Crippen LogP contribution in [0.1, 0.15) is 45.9 Å². The van der Waals surface area contributed by atoms with Crippen LogP contribution in [0.2, 0.25) is 5.02 Å². The number of phenolic OH excluding ortho intramolecular Hbond substituents is 1. The summed E-state index contributed by atoms with van der Waals surface area (Å²) in [6.45, 7) is 3.88. The Morgan fingerprint density at radius 3 is 2.29 bits per heavy atom. The van der Waals surface area contributed by atoms with Crippen LogP contribution in [0.3, 0.4) is 0 Å².